The maximum Gasteiger partial charge on any atom is 0 e. The fraction of sp³-hybridized carbons (Fsp3) is 0.263. The van der Waals surface area contributed by atoms with E-state index in [2.05, 4.69) is 26.0 Å². The van der Waals surface area contributed by atoms with Crippen molar-refractivity contribution in [2.24, 2.45) is 11.8 Å². The van der Waals surface area contributed by atoms with Gasteiger partial charge in [0.15, 0.2) is 5.78 Å². The van der Waals surface area contributed by atoms with Crippen molar-refractivity contribution >= 4 is 11.6 Å². The molecule has 2 radical (unpaired) electrons. The van der Waals surface area contributed by atoms with Crippen LogP contribution in [0.2, 0.25) is 0 Å². The average molecular weight is 384 g/mol. The quantitative estimate of drug-likeness (QED) is 0.345. The van der Waals surface area contributed by atoms with Gasteiger partial charge < -0.3 is 0 Å². The number of carbonyl (C=O) groups is 2. The van der Waals surface area contributed by atoms with Crippen LogP contribution in [0.15, 0.2) is 42.5 Å². The molecule has 0 amide bonds. The van der Waals surface area contributed by atoms with E-state index in [4.69, 9.17) is 14.0 Å². The zero-order chi connectivity index (χ0) is 19.0. The van der Waals surface area contributed by atoms with Crippen LogP contribution in [0.5, 0.6) is 0 Å². The second-order valence-corrected chi connectivity index (χ2v) is 4.68. The molecule has 0 saturated heterocycles. The van der Waals surface area contributed by atoms with Gasteiger partial charge in [-0.2, -0.15) is 0 Å². The third kappa shape index (κ3) is 9.80. The molecule has 25 heavy (non-hydrogen) atoms. The third-order valence-electron chi connectivity index (χ3n) is 3.37. The predicted octanol–water partition coefficient (Wildman–Crippen LogP) is 3.13. The second-order valence-electron chi connectivity index (χ2n) is 4.68. The molecule has 2 atom stereocenters. The summed E-state index contributed by atoms with van der Waals surface area (Å²) in [7, 11) is 0. The van der Waals surface area contributed by atoms with Crippen molar-refractivity contribution in [2.45, 2.75) is 19.8 Å². The summed E-state index contributed by atoms with van der Waals surface area (Å²) in [6.07, 6.45) is 7.83. The van der Waals surface area contributed by atoms with E-state index in [0.29, 0.717) is 5.56 Å². The van der Waals surface area contributed by atoms with Gasteiger partial charge in [-0.25, -0.2) is 0 Å². The zero-order valence-electron chi connectivity index (χ0n) is 13.6. The normalized spacial score (nSPS) is 14.9. The molecule has 0 heterocycles. The van der Waals surface area contributed by atoms with Crippen LogP contribution in [-0.2, 0) is 35.5 Å². The van der Waals surface area contributed by atoms with E-state index < -0.39 is 5.92 Å². The van der Waals surface area contributed by atoms with Gasteiger partial charge in [0.05, 0.1) is 5.92 Å². The molecule has 132 valence electrons. The molecule has 1 aliphatic carbocycles. The van der Waals surface area contributed by atoms with Crippen LogP contribution >= 0.6 is 0 Å². The average Bonchev–Trinajstić information content (AvgIpc) is 2.68. The largest absolute Gasteiger partial charge is 0 e. The maximum atomic E-state index is 12.4. The van der Waals surface area contributed by atoms with E-state index in [0.717, 1.165) is 12.8 Å². The predicted molar refractivity (Wildman–Crippen MR) is 82.9 cm³/mol. The molecule has 1 aromatic carbocycles. The molecular weight excluding hydrogens is 367 g/mol. The Morgan fingerprint density at radius 1 is 1.04 bits per heavy atom. The van der Waals surface area contributed by atoms with Gasteiger partial charge in [0.1, 0.15) is 5.78 Å². The van der Waals surface area contributed by atoms with Gasteiger partial charge in [-0.1, -0.05) is 42.5 Å². The van der Waals surface area contributed by atoms with Crippen LogP contribution in [0.3, 0.4) is 0 Å². The minimum Gasteiger partial charge on any atom is 0 e. The number of rotatable bonds is 4. The van der Waals surface area contributed by atoms with Crippen LogP contribution in [0, 0.1) is 38.2 Å². The van der Waals surface area contributed by atoms with Crippen molar-refractivity contribution < 1.29 is 40.3 Å². The minimum absolute atomic E-state index is 0. The number of allylic oxidation sites excluding steroid dienone is 2. The van der Waals surface area contributed by atoms with Gasteiger partial charge in [0, 0.05) is 22.3 Å². The van der Waals surface area contributed by atoms with Crippen LogP contribution in [0.25, 0.3) is 0 Å². The van der Waals surface area contributed by atoms with Gasteiger partial charge in [0.25, 0.3) is 0 Å². The standard InChI is InChI=1S/C16H17O2.3CO.Co/c1-12(17)15(13-8-4-2-5-9-13)16(18)14-10-6-3-7-11-14;3*1-2;/h2-4,6-8,10-11,13,15H,5,9H2,1H3;;;;. The fourth-order valence-electron chi connectivity index (χ4n) is 2.44. The third-order valence-corrected chi connectivity index (χ3v) is 3.37. The molecule has 0 fully saturated rings. The fourth-order valence-corrected chi connectivity index (χ4v) is 2.44. The molecule has 1 aromatic rings. The molecule has 0 N–H and O–H groups in total. The van der Waals surface area contributed by atoms with Crippen molar-refractivity contribution in [2.75, 3.05) is 0 Å². The molecule has 0 bridgehead atoms. The van der Waals surface area contributed by atoms with Crippen LogP contribution in [0.4, 0.5) is 0 Å². The summed E-state index contributed by atoms with van der Waals surface area (Å²) < 4.78 is 22.5. The summed E-state index contributed by atoms with van der Waals surface area (Å²) in [5, 5.41) is 0. The Kier molecular flexibility index (Phi) is 20.5. The first-order valence-corrected chi connectivity index (χ1v) is 6.91. The van der Waals surface area contributed by atoms with Crippen LogP contribution < -0.4 is 0 Å². The van der Waals surface area contributed by atoms with E-state index in [9.17, 15) is 9.59 Å². The summed E-state index contributed by atoms with van der Waals surface area (Å²) in [6.45, 7) is 15.0. The summed E-state index contributed by atoms with van der Waals surface area (Å²) in [4.78, 5) is 24.2. The van der Waals surface area contributed by atoms with Gasteiger partial charge >= 0.3 is 33.9 Å². The van der Waals surface area contributed by atoms with Crippen molar-refractivity contribution in [1.29, 1.82) is 0 Å². The molecule has 6 heteroatoms. The van der Waals surface area contributed by atoms with Gasteiger partial charge in [-0.15, -0.1) is 0 Å². The second kappa shape index (κ2) is 18.4. The van der Waals surface area contributed by atoms with Gasteiger partial charge in [0.2, 0.25) is 0 Å². The summed E-state index contributed by atoms with van der Waals surface area (Å²) in [5.74, 6) is -0.586. The Hall–Kier alpha value is -1.97. The molecule has 0 aromatic heterocycles. The maximum absolute atomic E-state index is 12.4. The smallest absolute Gasteiger partial charge is 0 e. The van der Waals surface area contributed by atoms with Crippen molar-refractivity contribution in [1.82, 2.24) is 0 Å². The van der Waals surface area contributed by atoms with Crippen LogP contribution in [-0.4, -0.2) is 11.6 Å². The summed E-state index contributed by atoms with van der Waals surface area (Å²) in [6, 6.07) is 9.08. The number of carbonyl (C=O) groups excluding carboxylic acids is 2. The molecule has 0 saturated carbocycles. The number of Topliss-reactive ketones (excluding diaryl/α,β-unsaturated/α-hetero) is 2. The number of ketones is 2. The Morgan fingerprint density at radius 3 is 1.96 bits per heavy atom. The Bertz CT molecular complexity index is 573. The molecule has 2 unspecified atom stereocenters. The SMILES string of the molecule is CC(=O)C(C(=O)c1ccccc1)C1[CH]C=CCC1.[C-]#[O+].[C-]#[O+].[C-]#[O+].[Co]. The molecule has 5 nitrogen and oxygen atoms in total. The van der Waals surface area contributed by atoms with Gasteiger partial charge in [-0.3, -0.25) is 9.59 Å². The van der Waals surface area contributed by atoms with Gasteiger partial charge in [-0.05, 0) is 32.1 Å². The van der Waals surface area contributed by atoms with E-state index in [1.807, 2.05) is 30.7 Å². The van der Waals surface area contributed by atoms with E-state index in [1.54, 1.807) is 12.1 Å². The first-order valence-electron chi connectivity index (χ1n) is 6.91. The van der Waals surface area contributed by atoms with Crippen LogP contribution in [0.1, 0.15) is 30.1 Å². The van der Waals surface area contributed by atoms with E-state index in [1.165, 1.54) is 6.92 Å². The zero-order valence-corrected chi connectivity index (χ0v) is 14.6. The monoisotopic (exact) mass is 384 g/mol. The van der Waals surface area contributed by atoms with E-state index >= 15 is 0 Å². The van der Waals surface area contributed by atoms with Crippen molar-refractivity contribution in [3.8, 4) is 0 Å². The minimum atomic E-state index is -0.530. The topological polar surface area (TPSA) is 93.8 Å². The first-order chi connectivity index (χ1) is 11.7. The molecule has 0 aliphatic heterocycles. The number of benzene rings is 1. The molecule has 1 aliphatic rings. The molecule has 2 rings (SSSR count). The van der Waals surface area contributed by atoms with Crippen molar-refractivity contribution in [3.05, 3.63) is 74.4 Å². The Balaban J connectivity index is -0.000000626. The Morgan fingerprint density at radius 2 is 1.56 bits per heavy atom. The first kappa shape index (κ1) is 27.9. The van der Waals surface area contributed by atoms with E-state index in [-0.39, 0.29) is 34.3 Å². The van der Waals surface area contributed by atoms with Crippen molar-refractivity contribution in [3.63, 3.8) is 0 Å². The summed E-state index contributed by atoms with van der Waals surface area (Å²) >= 11 is 0. The Labute approximate surface area is 158 Å². The molecule has 0 spiro atoms. The summed E-state index contributed by atoms with van der Waals surface area (Å²) in [5.41, 5.74) is 0.626. The number of hydrogen-bond donors (Lipinski definition) is 0. The molecular formula is C19H17CoO5. The number of hydrogen-bond acceptors (Lipinski definition) is 2.